The van der Waals surface area contributed by atoms with Crippen molar-refractivity contribution < 1.29 is 4.79 Å². The zero-order chi connectivity index (χ0) is 16.7. The van der Waals surface area contributed by atoms with Crippen molar-refractivity contribution in [1.82, 2.24) is 0 Å². The molecule has 0 saturated heterocycles. The minimum absolute atomic E-state index is 0.166. The van der Waals surface area contributed by atoms with Crippen molar-refractivity contribution >= 4 is 11.9 Å². The second-order valence-corrected chi connectivity index (χ2v) is 7.44. The van der Waals surface area contributed by atoms with E-state index in [1.54, 1.807) is 0 Å². The normalized spacial score (nSPS) is 27.5. The molecule has 0 N–H and O–H groups in total. The summed E-state index contributed by atoms with van der Waals surface area (Å²) in [5.74, 6) is 0.734. The maximum Gasteiger partial charge on any atom is 0.164 e. The van der Waals surface area contributed by atoms with Crippen molar-refractivity contribution in [3.8, 4) is 0 Å². The summed E-state index contributed by atoms with van der Waals surface area (Å²) in [6.45, 7) is 15.2. The predicted molar refractivity (Wildman–Crippen MR) is 95.2 cm³/mol. The first kappa shape index (κ1) is 17.0. The molecule has 1 aliphatic carbocycles. The lowest BCUT2D eigenvalue weighted by Gasteiger charge is -2.36. The lowest BCUT2D eigenvalue weighted by molar-refractivity contribution is -0.126. The molecule has 2 unspecified atom stereocenters. The molecular formula is C21H30O. The molecule has 2 atom stereocenters. The van der Waals surface area contributed by atoms with Gasteiger partial charge in [-0.05, 0) is 92.3 Å². The molecular weight excluding hydrogens is 268 g/mol. The van der Waals surface area contributed by atoms with E-state index in [1.165, 1.54) is 27.8 Å². The van der Waals surface area contributed by atoms with E-state index in [4.69, 9.17) is 0 Å². The molecule has 2 rings (SSSR count). The molecule has 0 aliphatic heterocycles. The largest absolute Gasteiger partial charge is 0.294 e. The van der Waals surface area contributed by atoms with Gasteiger partial charge < -0.3 is 0 Å². The van der Waals surface area contributed by atoms with Crippen molar-refractivity contribution in [2.45, 2.75) is 67.7 Å². The summed E-state index contributed by atoms with van der Waals surface area (Å²) in [6.07, 6.45) is 5.24. The van der Waals surface area contributed by atoms with Gasteiger partial charge in [-0.3, -0.25) is 4.79 Å². The summed E-state index contributed by atoms with van der Waals surface area (Å²) in [5, 5.41) is 0. The first-order valence-corrected chi connectivity index (χ1v) is 8.55. The third-order valence-corrected chi connectivity index (χ3v) is 6.08. The molecule has 1 fully saturated rings. The van der Waals surface area contributed by atoms with Crippen LogP contribution in [0.4, 0.5) is 0 Å². The molecule has 0 aromatic heterocycles. The average Bonchev–Trinajstić information content (AvgIpc) is 2.50. The maximum absolute atomic E-state index is 13.0. The third kappa shape index (κ3) is 2.78. The van der Waals surface area contributed by atoms with Gasteiger partial charge in [0.25, 0.3) is 0 Å². The molecule has 1 aromatic rings. The Hall–Kier alpha value is -1.37. The molecule has 0 bridgehead atoms. The van der Waals surface area contributed by atoms with E-state index in [-0.39, 0.29) is 5.41 Å². The van der Waals surface area contributed by atoms with Gasteiger partial charge in [-0.25, -0.2) is 0 Å². The number of ketones is 1. The number of aryl methyl sites for hydroxylation is 1. The van der Waals surface area contributed by atoms with E-state index in [0.717, 1.165) is 24.8 Å². The minimum atomic E-state index is -0.166. The molecule has 0 radical (unpaired) electrons. The Morgan fingerprint density at radius 1 is 1.18 bits per heavy atom. The number of benzene rings is 1. The van der Waals surface area contributed by atoms with Crippen LogP contribution >= 0.6 is 0 Å². The Morgan fingerprint density at radius 2 is 1.82 bits per heavy atom. The van der Waals surface area contributed by atoms with Gasteiger partial charge in [-0.2, -0.15) is 0 Å². The van der Waals surface area contributed by atoms with Gasteiger partial charge in [0.2, 0.25) is 0 Å². The van der Waals surface area contributed by atoms with Crippen LogP contribution in [-0.4, -0.2) is 5.78 Å². The Kier molecular flexibility index (Phi) is 4.65. The highest BCUT2D eigenvalue weighted by Crippen LogP contribution is 2.42. The first-order valence-electron chi connectivity index (χ1n) is 8.55. The third-order valence-electron chi connectivity index (χ3n) is 6.08. The second kappa shape index (κ2) is 6.02. The monoisotopic (exact) mass is 298 g/mol. The summed E-state index contributed by atoms with van der Waals surface area (Å²) >= 11 is 0. The van der Waals surface area contributed by atoms with Gasteiger partial charge in [0.05, 0.1) is 0 Å². The Labute approximate surface area is 135 Å². The Morgan fingerprint density at radius 3 is 2.41 bits per heavy atom. The zero-order valence-electron chi connectivity index (χ0n) is 15.3. The van der Waals surface area contributed by atoms with Gasteiger partial charge >= 0.3 is 0 Å². The van der Waals surface area contributed by atoms with Crippen LogP contribution in [-0.2, 0) is 4.79 Å². The fourth-order valence-electron chi connectivity index (χ4n) is 3.48. The summed E-state index contributed by atoms with van der Waals surface area (Å²) in [5.41, 5.74) is 7.41. The van der Waals surface area contributed by atoms with Crippen molar-refractivity contribution in [2.24, 2.45) is 11.3 Å². The highest BCUT2D eigenvalue weighted by molar-refractivity contribution is 6.04. The molecule has 1 nitrogen and oxygen atoms in total. The van der Waals surface area contributed by atoms with Crippen molar-refractivity contribution in [1.29, 1.82) is 0 Å². The van der Waals surface area contributed by atoms with Gasteiger partial charge in [0.15, 0.2) is 5.78 Å². The smallest absolute Gasteiger partial charge is 0.164 e. The lowest BCUT2D eigenvalue weighted by Crippen LogP contribution is -2.35. The fourth-order valence-corrected chi connectivity index (χ4v) is 3.48. The van der Waals surface area contributed by atoms with Gasteiger partial charge in [0, 0.05) is 5.41 Å². The Balaban J connectivity index is 2.54. The van der Waals surface area contributed by atoms with E-state index in [0.29, 0.717) is 11.7 Å². The molecule has 22 heavy (non-hydrogen) atoms. The molecule has 0 spiro atoms. The molecule has 0 amide bonds. The topological polar surface area (TPSA) is 17.1 Å². The average molecular weight is 298 g/mol. The van der Waals surface area contributed by atoms with Gasteiger partial charge in [0.1, 0.15) is 0 Å². The van der Waals surface area contributed by atoms with Crippen LogP contribution in [0.15, 0.2) is 11.6 Å². The highest BCUT2D eigenvalue weighted by atomic mass is 16.1. The number of carbonyl (C=O) groups is 1. The summed E-state index contributed by atoms with van der Waals surface area (Å²) in [4.78, 5) is 13.0. The number of hydrogen-bond acceptors (Lipinski definition) is 1. The van der Waals surface area contributed by atoms with E-state index in [9.17, 15) is 4.79 Å². The predicted octanol–water partition coefficient (Wildman–Crippen LogP) is 5.72. The number of rotatable bonds is 2. The molecule has 120 valence electrons. The summed E-state index contributed by atoms with van der Waals surface area (Å²) in [7, 11) is 0. The quantitative estimate of drug-likeness (QED) is 0.638. The standard InChI is InChI=1S/C21H30O/c1-8-21(7)10-9-13(2)19(20(21)22)12-18-11-14(3)15(4)16(5)17(18)6/h11-13H,8-10H2,1-7H3/b19-12+. The number of hydrogen-bond donors (Lipinski definition) is 0. The second-order valence-electron chi connectivity index (χ2n) is 7.44. The first-order chi connectivity index (χ1) is 10.2. The van der Waals surface area contributed by atoms with Crippen LogP contribution in [0, 0.1) is 39.0 Å². The van der Waals surface area contributed by atoms with Gasteiger partial charge in [-0.1, -0.05) is 26.8 Å². The minimum Gasteiger partial charge on any atom is -0.294 e. The molecule has 0 heterocycles. The van der Waals surface area contributed by atoms with Crippen LogP contribution < -0.4 is 0 Å². The number of Topliss-reactive ketones (excluding diaryl/α,β-unsaturated/α-hetero) is 1. The fraction of sp³-hybridized carbons (Fsp3) is 0.571. The van der Waals surface area contributed by atoms with E-state index < -0.39 is 0 Å². The molecule has 1 aromatic carbocycles. The van der Waals surface area contributed by atoms with E-state index in [1.807, 2.05) is 0 Å². The van der Waals surface area contributed by atoms with E-state index >= 15 is 0 Å². The summed E-state index contributed by atoms with van der Waals surface area (Å²) < 4.78 is 0. The van der Waals surface area contributed by atoms with Crippen molar-refractivity contribution in [3.05, 3.63) is 39.5 Å². The lowest BCUT2D eigenvalue weighted by atomic mass is 9.67. The molecule has 1 heteroatoms. The van der Waals surface area contributed by atoms with Crippen LogP contribution in [0.5, 0.6) is 0 Å². The van der Waals surface area contributed by atoms with E-state index in [2.05, 4.69) is 60.6 Å². The summed E-state index contributed by atoms with van der Waals surface area (Å²) in [6, 6.07) is 2.24. The molecule has 1 aliphatic rings. The molecule has 1 saturated carbocycles. The van der Waals surface area contributed by atoms with Crippen LogP contribution in [0.3, 0.4) is 0 Å². The Bertz CT molecular complexity index is 636. The van der Waals surface area contributed by atoms with Crippen molar-refractivity contribution in [2.75, 3.05) is 0 Å². The van der Waals surface area contributed by atoms with Gasteiger partial charge in [-0.15, -0.1) is 0 Å². The zero-order valence-corrected chi connectivity index (χ0v) is 15.3. The van der Waals surface area contributed by atoms with Crippen molar-refractivity contribution in [3.63, 3.8) is 0 Å². The number of carbonyl (C=O) groups excluding carboxylic acids is 1. The van der Waals surface area contributed by atoms with Crippen LogP contribution in [0.2, 0.25) is 0 Å². The highest BCUT2D eigenvalue weighted by Gasteiger charge is 2.39. The SMILES string of the molecule is CCC1(C)CCC(C)/C(=C\c2cc(C)c(C)c(C)c2C)C1=O. The van der Waals surface area contributed by atoms with Crippen LogP contribution in [0.25, 0.3) is 6.08 Å². The maximum atomic E-state index is 13.0. The number of allylic oxidation sites excluding steroid dienone is 1. The van der Waals surface area contributed by atoms with Crippen LogP contribution in [0.1, 0.15) is 67.9 Å².